The van der Waals surface area contributed by atoms with Crippen molar-refractivity contribution >= 4 is 38.9 Å². The Balaban J connectivity index is 1.37. The minimum Gasteiger partial charge on any atom is -0.507 e. The van der Waals surface area contributed by atoms with Crippen LogP contribution in [0.25, 0.3) is 16.7 Å². The van der Waals surface area contributed by atoms with Gasteiger partial charge in [-0.25, -0.2) is 13.2 Å². The van der Waals surface area contributed by atoms with Gasteiger partial charge in [-0.15, -0.1) is 0 Å². The monoisotopic (exact) mass is 595 g/mol. The quantitative estimate of drug-likeness (QED) is 0.391. The second kappa shape index (κ2) is 11.3. The van der Waals surface area contributed by atoms with Crippen molar-refractivity contribution in [3.05, 3.63) is 88.4 Å². The number of aliphatic hydroxyl groups excluding tert-OH is 1. The number of carbonyl (C=O) groups is 2. The maximum absolute atomic E-state index is 13.2. The molecular formula is C30H30ClN3O6S. The van der Waals surface area contributed by atoms with Crippen LogP contribution in [0.15, 0.2) is 71.6 Å². The molecule has 1 atom stereocenters. The number of hydrogen-bond acceptors (Lipinski definition) is 8. The predicted molar refractivity (Wildman–Crippen MR) is 155 cm³/mol. The second-order valence-electron chi connectivity index (χ2n) is 10.5. The summed E-state index contributed by atoms with van der Waals surface area (Å²) in [6.07, 6.45) is 5.51. The fourth-order valence-electron chi connectivity index (χ4n) is 5.38. The predicted octanol–water partition coefficient (Wildman–Crippen LogP) is 4.09. The summed E-state index contributed by atoms with van der Waals surface area (Å²) >= 11 is 6.65. The molecule has 9 nitrogen and oxygen atoms in total. The number of nitrogens with one attached hydrogen (secondary N) is 1. The van der Waals surface area contributed by atoms with Crippen LogP contribution in [0.4, 0.5) is 0 Å². The molecule has 1 amide bonds. The highest BCUT2D eigenvalue weighted by atomic mass is 35.5. The third-order valence-corrected chi connectivity index (χ3v) is 8.88. The highest BCUT2D eigenvalue weighted by Gasteiger charge is 2.51. The number of hydrogen-bond donors (Lipinski definition) is 2. The standard InChI is InChI=1S/C30H30ClN3O6S/c1-19-13-24(21-5-3-6-22(14-21)41(2,38)39)25(31)15-23(19)27-28(36)30(40-29(27)37)9-4-12-34(18-30)17-26(35)33-16-20-7-10-32-11-8-20/h3,5-8,10-11,13-15,36H,4,9,12,16-18H2,1-2H3,(H,33,35). The Morgan fingerprint density at radius 1 is 1.17 bits per heavy atom. The number of aryl methyl sites for hydroxylation is 1. The first kappa shape index (κ1) is 28.8. The fraction of sp³-hybridized carbons (Fsp3) is 0.300. The van der Waals surface area contributed by atoms with Crippen LogP contribution in [0, 0.1) is 6.92 Å². The Morgan fingerprint density at radius 2 is 1.93 bits per heavy atom. The van der Waals surface area contributed by atoms with Crippen LogP contribution in [0.5, 0.6) is 0 Å². The summed E-state index contributed by atoms with van der Waals surface area (Å²) in [6, 6.07) is 13.5. The first-order valence-corrected chi connectivity index (χ1v) is 15.4. The van der Waals surface area contributed by atoms with Crippen molar-refractivity contribution in [1.29, 1.82) is 0 Å². The van der Waals surface area contributed by atoms with E-state index in [0.29, 0.717) is 53.2 Å². The van der Waals surface area contributed by atoms with Gasteiger partial charge in [0.2, 0.25) is 5.91 Å². The van der Waals surface area contributed by atoms with Crippen molar-refractivity contribution < 1.29 is 27.9 Å². The van der Waals surface area contributed by atoms with Crippen molar-refractivity contribution in [3.63, 3.8) is 0 Å². The normalized spacial score (nSPS) is 19.4. The molecule has 0 saturated carbocycles. The number of esters is 1. The topological polar surface area (TPSA) is 126 Å². The average molecular weight is 596 g/mol. The maximum Gasteiger partial charge on any atom is 0.343 e. The minimum atomic E-state index is -3.41. The number of benzene rings is 2. The number of aromatic nitrogens is 1. The molecule has 0 bridgehead atoms. The molecule has 0 radical (unpaired) electrons. The van der Waals surface area contributed by atoms with Gasteiger partial charge >= 0.3 is 5.97 Å². The lowest BCUT2D eigenvalue weighted by Gasteiger charge is -2.38. The van der Waals surface area contributed by atoms with E-state index in [1.807, 2.05) is 17.0 Å². The van der Waals surface area contributed by atoms with Crippen LogP contribution in [0.3, 0.4) is 0 Å². The maximum atomic E-state index is 13.2. The number of halogens is 1. The summed E-state index contributed by atoms with van der Waals surface area (Å²) < 4.78 is 29.9. The molecule has 3 heterocycles. The summed E-state index contributed by atoms with van der Waals surface area (Å²) in [5.74, 6) is -1.00. The number of pyridine rings is 1. The van der Waals surface area contributed by atoms with E-state index in [1.54, 1.807) is 49.6 Å². The molecule has 11 heteroatoms. The Morgan fingerprint density at radius 3 is 2.66 bits per heavy atom. The third-order valence-electron chi connectivity index (χ3n) is 7.46. The molecule has 3 aromatic rings. The van der Waals surface area contributed by atoms with Crippen molar-refractivity contribution in [1.82, 2.24) is 15.2 Å². The molecule has 41 heavy (non-hydrogen) atoms. The Hall–Kier alpha value is -3.73. The van der Waals surface area contributed by atoms with Crippen LogP contribution in [-0.2, 0) is 30.7 Å². The van der Waals surface area contributed by atoms with Gasteiger partial charge in [0.1, 0.15) is 5.57 Å². The number of likely N-dealkylation sites (tertiary alicyclic amines) is 1. The zero-order valence-corrected chi connectivity index (χ0v) is 24.3. The van der Waals surface area contributed by atoms with E-state index in [-0.39, 0.29) is 35.2 Å². The van der Waals surface area contributed by atoms with Gasteiger partial charge in [-0.1, -0.05) is 23.7 Å². The van der Waals surface area contributed by atoms with Crippen LogP contribution in [0.2, 0.25) is 5.02 Å². The molecule has 2 aromatic carbocycles. The Kier molecular flexibility index (Phi) is 7.91. The fourth-order valence-corrected chi connectivity index (χ4v) is 6.32. The largest absolute Gasteiger partial charge is 0.507 e. The smallest absolute Gasteiger partial charge is 0.343 e. The number of piperidine rings is 1. The number of amides is 1. The van der Waals surface area contributed by atoms with Gasteiger partial charge in [0.25, 0.3) is 0 Å². The number of rotatable bonds is 7. The van der Waals surface area contributed by atoms with Crippen molar-refractivity contribution in [2.24, 2.45) is 0 Å². The molecule has 0 aliphatic carbocycles. The van der Waals surface area contributed by atoms with E-state index < -0.39 is 21.4 Å². The van der Waals surface area contributed by atoms with Gasteiger partial charge in [-0.3, -0.25) is 14.7 Å². The average Bonchev–Trinajstić information content (AvgIpc) is 3.16. The summed E-state index contributed by atoms with van der Waals surface area (Å²) in [5.41, 5.74) is 2.03. The number of sulfone groups is 1. The third kappa shape index (κ3) is 6.00. The molecule has 1 fully saturated rings. The molecule has 214 valence electrons. The van der Waals surface area contributed by atoms with E-state index in [2.05, 4.69) is 10.3 Å². The van der Waals surface area contributed by atoms with Gasteiger partial charge in [-0.2, -0.15) is 0 Å². The van der Waals surface area contributed by atoms with Crippen molar-refractivity contribution in [2.75, 3.05) is 25.9 Å². The summed E-state index contributed by atoms with van der Waals surface area (Å²) in [6.45, 7) is 3.06. The molecule has 1 unspecified atom stereocenters. The molecule has 1 aromatic heterocycles. The van der Waals surface area contributed by atoms with E-state index in [1.165, 1.54) is 6.07 Å². The molecule has 1 saturated heterocycles. The SMILES string of the molecule is Cc1cc(-c2cccc(S(C)(=O)=O)c2)c(Cl)cc1C1=C(O)C2(CCCN(CC(=O)NCc3ccncc3)C2)OC1=O. The van der Waals surface area contributed by atoms with Gasteiger partial charge in [0.05, 0.1) is 11.4 Å². The first-order chi connectivity index (χ1) is 19.5. The van der Waals surface area contributed by atoms with Crippen molar-refractivity contribution in [2.45, 2.75) is 36.8 Å². The van der Waals surface area contributed by atoms with Crippen LogP contribution >= 0.6 is 11.6 Å². The summed E-state index contributed by atoms with van der Waals surface area (Å²) in [7, 11) is -3.41. The summed E-state index contributed by atoms with van der Waals surface area (Å²) in [4.78, 5) is 31.8. The van der Waals surface area contributed by atoms with Gasteiger partial charge < -0.3 is 15.2 Å². The zero-order chi connectivity index (χ0) is 29.4. The lowest BCUT2D eigenvalue weighted by Crippen LogP contribution is -2.52. The molecule has 2 N–H and O–H groups in total. The zero-order valence-electron chi connectivity index (χ0n) is 22.7. The van der Waals surface area contributed by atoms with E-state index in [4.69, 9.17) is 16.3 Å². The highest BCUT2D eigenvalue weighted by molar-refractivity contribution is 7.90. The number of ether oxygens (including phenoxy) is 1. The molecular weight excluding hydrogens is 566 g/mol. The Bertz CT molecular complexity index is 1660. The van der Waals surface area contributed by atoms with Gasteiger partial charge in [0, 0.05) is 42.3 Å². The van der Waals surface area contributed by atoms with Crippen LogP contribution in [0.1, 0.15) is 29.5 Å². The minimum absolute atomic E-state index is 0.0461. The van der Waals surface area contributed by atoms with E-state index >= 15 is 0 Å². The molecule has 2 aliphatic rings. The van der Waals surface area contributed by atoms with Crippen LogP contribution in [-0.4, -0.2) is 66.8 Å². The Labute approximate surface area is 243 Å². The molecule has 2 aliphatic heterocycles. The van der Waals surface area contributed by atoms with Crippen molar-refractivity contribution in [3.8, 4) is 11.1 Å². The molecule has 5 rings (SSSR count). The number of carbonyl (C=O) groups excluding carboxylic acids is 2. The highest BCUT2D eigenvalue weighted by Crippen LogP contribution is 2.44. The lowest BCUT2D eigenvalue weighted by atomic mass is 9.87. The summed E-state index contributed by atoms with van der Waals surface area (Å²) in [5, 5.41) is 14.6. The second-order valence-corrected chi connectivity index (χ2v) is 12.9. The number of aliphatic hydroxyl groups is 1. The lowest BCUT2D eigenvalue weighted by molar-refractivity contribution is -0.152. The van der Waals surface area contributed by atoms with Crippen LogP contribution < -0.4 is 5.32 Å². The molecule has 1 spiro atoms. The number of nitrogens with zero attached hydrogens (tertiary/aromatic N) is 2. The van der Waals surface area contributed by atoms with Gasteiger partial charge in [0.15, 0.2) is 21.2 Å². The van der Waals surface area contributed by atoms with E-state index in [0.717, 1.165) is 11.8 Å². The van der Waals surface area contributed by atoms with E-state index in [9.17, 15) is 23.1 Å². The first-order valence-electron chi connectivity index (χ1n) is 13.1. The van der Waals surface area contributed by atoms with Gasteiger partial charge in [-0.05, 0) is 85.0 Å².